The second kappa shape index (κ2) is 6.66. The van der Waals surface area contributed by atoms with Crippen molar-refractivity contribution in [3.8, 4) is 5.75 Å². The number of rotatable bonds is 5. The van der Waals surface area contributed by atoms with Crippen LogP contribution in [0.25, 0.3) is 10.2 Å². The average molecular weight is 327 g/mol. The molecule has 1 aromatic heterocycles. The summed E-state index contributed by atoms with van der Waals surface area (Å²) in [7, 11) is 3.50. The van der Waals surface area contributed by atoms with Gasteiger partial charge in [0.25, 0.3) is 0 Å². The highest BCUT2D eigenvalue weighted by molar-refractivity contribution is 7.22. The lowest BCUT2D eigenvalue weighted by Crippen LogP contribution is -2.29. The van der Waals surface area contributed by atoms with Crippen molar-refractivity contribution >= 4 is 38.3 Å². The molecular formula is C17H17N3O2S. The van der Waals surface area contributed by atoms with Crippen LogP contribution in [0.4, 0.5) is 10.8 Å². The van der Waals surface area contributed by atoms with E-state index in [0.717, 1.165) is 15.9 Å². The van der Waals surface area contributed by atoms with Crippen molar-refractivity contribution in [3.05, 3.63) is 48.5 Å². The molecule has 0 atom stereocenters. The number of nitrogens with one attached hydrogen (secondary N) is 1. The van der Waals surface area contributed by atoms with E-state index in [1.807, 2.05) is 60.5 Å². The summed E-state index contributed by atoms with van der Waals surface area (Å²) >= 11 is 1.44. The van der Waals surface area contributed by atoms with Crippen LogP contribution in [-0.2, 0) is 4.79 Å². The van der Waals surface area contributed by atoms with E-state index in [-0.39, 0.29) is 12.5 Å². The zero-order valence-corrected chi connectivity index (χ0v) is 13.8. The quantitative estimate of drug-likeness (QED) is 0.780. The monoisotopic (exact) mass is 327 g/mol. The molecule has 0 aliphatic heterocycles. The summed E-state index contributed by atoms with van der Waals surface area (Å²) in [6.07, 6.45) is 0. The Bertz CT molecular complexity index is 817. The van der Waals surface area contributed by atoms with Crippen molar-refractivity contribution < 1.29 is 9.53 Å². The molecule has 118 valence electrons. The molecule has 3 aromatic rings. The van der Waals surface area contributed by atoms with E-state index < -0.39 is 0 Å². The minimum atomic E-state index is -0.102. The van der Waals surface area contributed by atoms with Gasteiger partial charge in [-0.05, 0) is 24.3 Å². The van der Waals surface area contributed by atoms with Gasteiger partial charge in [-0.2, -0.15) is 0 Å². The molecule has 1 heterocycles. The molecule has 0 saturated carbocycles. The number of methoxy groups -OCH3 is 1. The summed E-state index contributed by atoms with van der Waals surface area (Å²) < 4.78 is 6.27. The second-order valence-corrected chi connectivity index (χ2v) is 6.10. The number of para-hydroxylation sites is 2. The number of hydrogen-bond donors (Lipinski definition) is 1. The van der Waals surface area contributed by atoms with Gasteiger partial charge in [-0.15, -0.1) is 0 Å². The third-order valence-electron chi connectivity index (χ3n) is 3.43. The summed E-state index contributed by atoms with van der Waals surface area (Å²) in [6, 6.07) is 15.5. The molecule has 0 aliphatic carbocycles. The van der Waals surface area contributed by atoms with Crippen molar-refractivity contribution in [1.29, 1.82) is 0 Å². The van der Waals surface area contributed by atoms with E-state index in [1.165, 1.54) is 11.3 Å². The Morgan fingerprint density at radius 2 is 2.00 bits per heavy atom. The Kier molecular flexibility index (Phi) is 4.43. The third-order valence-corrected chi connectivity index (χ3v) is 4.36. The zero-order chi connectivity index (χ0) is 16.2. The third kappa shape index (κ3) is 3.43. The number of amides is 1. The lowest BCUT2D eigenvalue weighted by molar-refractivity contribution is -0.114. The molecule has 6 heteroatoms. The predicted molar refractivity (Wildman–Crippen MR) is 94.5 cm³/mol. The molecule has 23 heavy (non-hydrogen) atoms. The fourth-order valence-electron chi connectivity index (χ4n) is 2.29. The number of anilines is 2. The molecule has 0 aliphatic rings. The number of carbonyl (C=O) groups is 1. The molecule has 0 fully saturated rings. The van der Waals surface area contributed by atoms with Crippen molar-refractivity contribution in [2.24, 2.45) is 0 Å². The van der Waals surface area contributed by atoms with E-state index in [0.29, 0.717) is 10.9 Å². The summed E-state index contributed by atoms with van der Waals surface area (Å²) in [5, 5.41) is 3.43. The lowest BCUT2D eigenvalue weighted by Gasteiger charge is -2.17. The normalized spacial score (nSPS) is 10.5. The molecule has 5 nitrogen and oxygen atoms in total. The van der Waals surface area contributed by atoms with E-state index >= 15 is 0 Å². The average Bonchev–Trinajstić information content (AvgIpc) is 2.97. The van der Waals surface area contributed by atoms with Gasteiger partial charge in [0.15, 0.2) is 5.13 Å². The predicted octanol–water partition coefficient (Wildman–Crippen LogP) is 3.38. The van der Waals surface area contributed by atoms with Gasteiger partial charge in [0.1, 0.15) is 11.3 Å². The first-order chi connectivity index (χ1) is 11.2. The number of fused-ring (bicyclic) bond motifs is 1. The van der Waals surface area contributed by atoms with Crippen LogP contribution >= 0.6 is 11.3 Å². The number of ether oxygens (including phenoxy) is 1. The van der Waals surface area contributed by atoms with Crippen LogP contribution in [0.1, 0.15) is 0 Å². The first-order valence-corrected chi connectivity index (χ1v) is 7.98. The van der Waals surface area contributed by atoms with E-state index in [4.69, 9.17) is 4.74 Å². The van der Waals surface area contributed by atoms with Crippen molar-refractivity contribution in [2.45, 2.75) is 0 Å². The zero-order valence-electron chi connectivity index (χ0n) is 12.9. The SMILES string of the molecule is COc1cccc2sc(NC(=O)CN(C)c3ccccc3)nc12. The fraction of sp³-hybridized carbons (Fsp3) is 0.176. The van der Waals surface area contributed by atoms with Gasteiger partial charge >= 0.3 is 0 Å². The van der Waals surface area contributed by atoms with E-state index in [9.17, 15) is 4.79 Å². The van der Waals surface area contributed by atoms with Crippen LogP contribution in [0.3, 0.4) is 0 Å². The van der Waals surface area contributed by atoms with Crippen molar-refractivity contribution in [2.75, 3.05) is 30.9 Å². The first kappa shape index (κ1) is 15.3. The Hall–Kier alpha value is -2.60. The second-order valence-electron chi connectivity index (χ2n) is 5.07. The summed E-state index contributed by atoms with van der Waals surface area (Å²) in [5.41, 5.74) is 1.76. The van der Waals surface area contributed by atoms with Gasteiger partial charge in [-0.25, -0.2) is 4.98 Å². The summed E-state index contributed by atoms with van der Waals surface area (Å²) in [6.45, 7) is 0.261. The molecule has 0 saturated heterocycles. The Morgan fingerprint density at radius 3 is 2.74 bits per heavy atom. The largest absolute Gasteiger partial charge is 0.494 e. The number of benzene rings is 2. The van der Waals surface area contributed by atoms with Crippen LogP contribution < -0.4 is 15.0 Å². The van der Waals surface area contributed by atoms with Gasteiger partial charge in [0.2, 0.25) is 5.91 Å². The van der Waals surface area contributed by atoms with Crippen molar-refractivity contribution in [1.82, 2.24) is 4.98 Å². The maximum Gasteiger partial charge on any atom is 0.245 e. The van der Waals surface area contributed by atoms with Gasteiger partial charge in [0.05, 0.1) is 18.4 Å². The highest BCUT2D eigenvalue weighted by atomic mass is 32.1. The molecule has 1 amide bonds. The highest BCUT2D eigenvalue weighted by Crippen LogP contribution is 2.32. The van der Waals surface area contributed by atoms with Crippen LogP contribution in [0.5, 0.6) is 5.75 Å². The number of hydrogen-bond acceptors (Lipinski definition) is 5. The number of likely N-dealkylation sites (N-methyl/N-ethyl adjacent to an activating group) is 1. The van der Waals surface area contributed by atoms with Gasteiger partial charge < -0.3 is 15.0 Å². The first-order valence-electron chi connectivity index (χ1n) is 7.17. The smallest absolute Gasteiger partial charge is 0.245 e. The molecule has 0 unspecified atom stereocenters. The Morgan fingerprint density at radius 1 is 1.22 bits per heavy atom. The van der Waals surface area contributed by atoms with Gasteiger partial charge in [-0.3, -0.25) is 4.79 Å². The maximum atomic E-state index is 12.2. The number of nitrogens with zero attached hydrogens (tertiary/aromatic N) is 2. The minimum absolute atomic E-state index is 0.102. The lowest BCUT2D eigenvalue weighted by atomic mass is 10.3. The molecule has 2 aromatic carbocycles. The van der Waals surface area contributed by atoms with Crippen LogP contribution in [0.2, 0.25) is 0 Å². The van der Waals surface area contributed by atoms with Crippen LogP contribution in [-0.4, -0.2) is 31.6 Å². The Balaban J connectivity index is 1.71. The topological polar surface area (TPSA) is 54.5 Å². The maximum absolute atomic E-state index is 12.2. The van der Waals surface area contributed by atoms with Crippen LogP contribution in [0, 0.1) is 0 Å². The van der Waals surface area contributed by atoms with E-state index in [1.54, 1.807) is 7.11 Å². The number of thiazole rings is 1. The van der Waals surface area contributed by atoms with Gasteiger partial charge in [0, 0.05) is 12.7 Å². The van der Waals surface area contributed by atoms with E-state index in [2.05, 4.69) is 10.3 Å². The molecular weight excluding hydrogens is 310 g/mol. The molecule has 0 bridgehead atoms. The summed E-state index contributed by atoms with van der Waals surface area (Å²) in [5.74, 6) is 0.607. The molecule has 0 radical (unpaired) electrons. The fourth-order valence-corrected chi connectivity index (χ4v) is 3.19. The summed E-state index contributed by atoms with van der Waals surface area (Å²) in [4.78, 5) is 18.5. The van der Waals surface area contributed by atoms with Crippen LogP contribution in [0.15, 0.2) is 48.5 Å². The Labute approximate surface area is 138 Å². The number of aromatic nitrogens is 1. The molecule has 0 spiro atoms. The minimum Gasteiger partial charge on any atom is -0.494 e. The highest BCUT2D eigenvalue weighted by Gasteiger charge is 2.12. The number of carbonyl (C=O) groups excluding carboxylic acids is 1. The molecule has 1 N–H and O–H groups in total. The molecule has 3 rings (SSSR count). The van der Waals surface area contributed by atoms with Crippen molar-refractivity contribution in [3.63, 3.8) is 0 Å². The van der Waals surface area contributed by atoms with Gasteiger partial charge in [-0.1, -0.05) is 35.6 Å². The standard InChI is InChI=1S/C17H17N3O2S/c1-20(12-7-4-3-5-8-12)11-15(21)18-17-19-16-13(22-2)9-6-10-14(16)23-17/h3-10H,11H2,1-2H3,(H,18,19,21).